The number of aromatic nitrogens is 2. The Hall–Kier alpha value is -1.56. The molecule has 1 atom stereocenters. The molecule has 0 aliphatic rings. The number of hydrogen-bond acceptors (Lipinski definition) is 3. The Bertz CT molecular complexity index is 422. The lowest BCUT2D eigenvalue weighted by atomic mass is 9.93. The second-order valence-electron chi connectivity index (χ2n) is 6.11. The molecular formula is C17H34N6. The Balaban J connectivity index is 2.33. The molecule has 0 aliphatic heterocycles. The van der Waals surface area contributed by atoms with Crippen LogP contribution in [0.25, 0.3) is 0 Å². The molecule has 0 aliphatic carbocycles. The summed E-state index contributed by atoms with van der Waals surface area (Å²) in [6, 6.07) is 2.47. The highest BCUT2D eigenvalue weighted by atomic mass is 15.3. The molecule has 1 unspecified atom stereocenters. The molecule has 2 N–H and O–H groups in total. The minimum absolute atomic E-state index is 0.521. The lowest BCUT2D eigenvalue weighted by molar-refractivity contribution is 0.200. The zero-order chi connectivity index (χ0) is 17.1. The Morgan fingerprint density at radius 1 is 1.26 bits per heavy atom. The summed E-state index contributed by atoms with van der Waals surface area (Å²) in [6.07, 6.45) is 7.23. The van der Waals surface area contributed by atoms with Gasteiger partial charge in [-0.25, -0.2) is 0 Å². The van der Waals surface area contributed by atoms with Gasteiger partial charge in [0.15, 0.2) is 5.96 Å². The van der Waals surface area contributed by atoms with Crippen molar-refractivity contribution in [3.05, 3.63) is 18.5 Å². The van der Waals surface area contributed by atoms with Gasteiger partial charge in [0.1, 0.15) is 0 Å². The van der Waals surface area contributed by atoms with Crippen LogP contribution in [0.3, 0.4) is 0 Å². The van der Waals surface area contributed by atoms with Gasteiger partial charge in [0.2, 0.25) is 0 Å². The van der Waals surface area contributed by atoms with Crippen LogP contribution in [-0.2, 0) is 6.54 Å². The van der Waals surface area contributed by atoms with Crippen molar-refractivity contribution >= 4 is 5.96 Å². The van der Waals surface area contributed by atoms with E-state index >= 15 is 0 Å². The predicted octanol–water partition coefficient (Wildman–Crippen LogP) is 1.80. The number of nitrogens with zero attached hydrogens (tertiary/aromatic N) is 4. The minimum Gasteiger partial charge on any atom is -0.356 e. The number of guanidine groups is 1. The fourth-order valence-corrected chi connectivity index (χ4v) is 2.91. The third kappa shape index (κ3) is 7.03. The number of hydrogen-bond donors (Lipinski definition) is 2. The largest absolute Gasteiger partial charge is 0.356 e. The number of nitrogens with one attached hydrogen (secondary N) is 2. The third-order valence-corrected chi connectivity index (χ3v) is 4.37. The summed E-state index contributed by atoms with van der Waals surface area (Å²) in [6.45, 7) is 7.26. The molecule has 0 saturated heterocycles. The van der Waals surface area contributed by atoms with E-state index in [1.165, 1.54) is 12.8 Å². The molecule has 0 amide bonds. The zero-order valence-electron chi connectivity index (χ0n) is 15.4. The van der Waals surface area contributed by atoms with Crippen LogP contribution in [0.15, 0.2) is 23.5 Å². The quantitative estimate of drug-likeness (QED) is 0.392. The van der Waals surface area contributed by atoms with Gasteiger partial charge in [-0.2, -0.15) is 5.10 Å². The van der Waals surface area contributed by atoms with E-state index in [1.807, 2.05) is 30.2 Å². The monoisotopic (exact) mass is 322 g/mol. The van der Waals surface area contributed by atoms with Crippen LogP contribution in [0.5, 0.6) is 0 Å². The van der Waals surface area contributed by atoms with Crippen LogP contribution in [-0.4, -0.2) is 60.9 Å². The molecule has 0 saturated carbocycles. The van der Waals surface area contributed by atoms with Crippen LogP contribution >= 0.6 is 0 Å². The summed E-state index contributed by atoms with van der Waals surface area (Å²) in [7, 11) is 6.14. The second-order valence-corrected chi connectivity index (χ2v) is 6.11. The Morgan fingerprint density at radius 2 is 2.00 bits per heavy atom. The van der Waals surface area contributed by atoms with E-state index in [0.717, 1.165) is 32.0 Å². The average molecular weight is 323 g/mol. The molecule has 6 heteroatoms. The zero-order valence-corrected chi connectivity index (χ0v) is 15.4. The van der Waals surface area contributed by atoms with Crippen molar-refractivity contribution in [1.29, 1.82) is 0 Å². The molecule has 0 bridgehead atoms. The summed E-state index contributed by atoms with van der Waals surface area (Å²) in [5.74, 6) is 1.58. The first-order valence-corrected chi connectivity index (χ1v) is 8.70. The molecule has 1 heterocycles. The van der Waals surface area contributed by atoms with Crippen molar-refractivity contribution in [1.82, 2.24) is 25.3 Å². The first kappa shape index (κ1) is 19.5. The fraction of sp³-hybridized carbons (Fsp3) is 0.765. The molecule has 23 heavy (non-hydrogen) atoms. The maximum atomic E-state index is 4.32. The standard InChI is InChI=1S/C17H34N6/c1-6-15(7-2)16(22(4)5)14-20-17(18-3)19-10-8-12-23-13-9-11-21-23/h9,11,13,15-16H,6-8,10,12,14H2,1-5H3,(H2,18,19,20). The van der Waals surface area contributed by atoms with Gasteiger partial charge in [0, 0.05) is 45.1 Å². The number of aryl methyl sites for hydroxylation is 1. The number of rotatable bonds is 10. The van der Waals surface area contributed by atoms with E-state index in [1.54, 1.807) is 0 Å². The maximum absolute atomic E-state index is 4.32. The molecule has 0 aromatic carbocycles. The van der Waals surface area contributed by atoms with Gasteiger partial charge in [-0.3, -0.25) is 9.67 Å². The van der Waals surface area contributed by atoms with E-state index < -0.39 is 0 Å². The van der Waals surface area contributed by atoms with Crippen molar-refractivity contribution in [2.24, 2.45) is 10.9 Å². The van der Waals surface area contributed by atoms with E-state index in [0.29, 0.717) is 12.0 Å². The van der Waals surface area contributed by atoms with Crippen LogP contribution in [0.2, 0.25) is 0 Å². The molecule has 1 aromatic rings. The molecule has 0 spiro atoms. The first-order chi connectivity index (χ1) is 11.1. The lowest BCUT2D eigenvalue weighted by Gasteiger charge is -2.32. The predicted molar refractivity (Wildman–Crippen MR) is 97.8 cm³/mol. The fourth-order valence-electron chi connectivity index (χ4n) is 2.91. The van der Waals surface area contributed by atoms with Crippen LogP contribution in [0.4, 0.5) is 0 Å². The van der Waals surface area contributed by atoms with E-state index in [4.69, 9.17) is 0 Å². The van der Waals surface area contributed by atoms with Crippen LogP contribution < -0.4 is 10.6 Å². The second kappa shape index (κ2) is 11.0. The molecule has 0 radical (unpaired) electrons. The van der Waals surface area contributed by atoms with Crippen molar-refractivity contribution in [3.8, 4) is 0 Å². The maximum Gasteiger partial charge on any atom is 0.191 e. The molecule has 6 nitrogen and oxygen atoms in total. The van der Waals surface area contributed by atoms with Gasteiger partial charge >= 0.3 is 0 Å². The van der Waals surface area contributed by atoms with Crippen molar-refractivity contribution in [3.63, 3.8) is 0 Å². The van der Waals surface area contributed by atoms with Gasteiger partial charge < -0.3 is 15.5 Å². The Labute approximate surface area is 141 Å². The number of likely N-dealkylation sites (N-methyl/N-ethyl adjacent to an activating group) is 1. The van der Waals surface area contributed by atoms with Crippen LogP contribution in [0, 0.1) is 5.92 Å². The minimum atomic E-state index is 0.521. The third-order valence-electron chi connectivity index (χ3n) is 4.37. The number of aliphatic imine (C=N–C) groups is 1. The summed E-state index contributed by atoms with van der Waals surface area (Å²) < 4.78 is 1.95. The van der Waals surface area contributed by atoms with E-state index in [-0.39, 0.29) is 0 Å². The van der Waals surface area contributed by atoms with Crippen molar-refractivity contribution < 1.29 is 0 Å². The van der Waals surface area contributed by atoms with Crippen molar-refractivity contribution in [2.45, 2.75) is 45.7 Å². The Morgan fingerprint density at radius 3 is 2.52 bits per heavy atom. The van der Waals surface area contributed by atoms with Gasteiger partial charge in [0.05, 0.1) is 0 Å². The van der Waals surface area contributed by atoms with Gasteiger partial charge in [-0.15, -0.1) is 0 Å². The van der Waals surface area contributed by atoms with Crippen LogP contribution in [0.1, 0.15) is 33.1 Å². The highest BCUT2D eigenvalue weighted by Crippen LogP contribution is 2.16. The van der Waals surface area contributed by atoms with Gasteiger partial charge in [-0.1, -0.05) is 26.7 Å². The summed E-state index contributed by atoms with van der Waals surface area (Å²) in [4.78, 5) is 6.63. The highest BCUT2D eigenvalue weighted by molar-refractivity contribution is 5.79. The summed E-state index contributed by atoms with van der Waals surface area (Å²) in [5, 5.41) is 11.1. The molecule has 1 aromatic heterocycles. The summed E-state index contributed by atoms with van der Waals surface area (Å²) >= 11 is 0. The molecule has 132 valence electrons. The molecular weight excluding hydrogens is 288 g/mol. The molecule has 0 fully saturated rings. The summed E-state index contributed by atoms with van der Waals surface area (Å²) in [5.41, 5.74) is 0. The van der Waals surface area contributed by atoms with E-state index in [9.17, 15) is 0 Å². The SMILES string of the molecule is CCC(CC)C(CNC(=NC)NCCCn1cccn1)N(C)C. The first-order valence-electron chi connectivity index (χ1n) is 8.70. The normalized spacial score (nSPS) is 13.6. The molecule has 1 rings (SSSR count). The smallest absolute Gasteiger partial charge is 0.191 e. The topological polar surface area (TPSA) is 57.5 Å². The van der Waals surface area contributed by atoms with Gasteiger partial charge in [0.25, 0.3) is 0 Å². The lowest BCUT2D eigenvalue weighted by Crippen LogP contribution is -2.48. The Kier molecular flexibility index (Phi) is 9.36. The average Bonchev–Trinajstić information content (AvgIpc) is 3.06. The van der Waals surface area contributed by atoms with E-state index in [2.05, 4.69) is 53.6 Å². The van der Waals surface area contributed by atoms with Gasteiger partial charge in [-0.05, 0) is 32.5 Å². The highest BCUT2D eigenvalue weighted by Gasteiger charge is 2.20. The van der Waals surface area contributed by atoms with Crippen molar-refractivity contribution in [2.75, 3.05) is 34.2 Å².